The van der Waals surface area contributed by atoms with Crippen LogP contribution < -0.4 is 4.90 Å². The molecule has 0 bridgehead atoms. The van der Waals surface area contributed by atoms with E-state index in [2.05, 4.69) is 211 Å². The van der Waals surface area contributed by atoms with Gasteiger partial charge in [0.2, 0.25) is 5.89 Å². The fraction of sp³-hybridized carbons (Fsp3) is 0. The molecule has 1 aromatic heterocycles. The van der Waals surface area contributed by atoms with E-state index in [1.807, 2.05) is 0 Å². The highest BCUT2D eigenvalue weighted by Gasteiger charge is 2.24. The molecule has 3 nitrogen and oxygen atoms in total. The van der Waals surface area contributed by atoms with Crippen LogP contribution in [0.4, 0.5) is 17.1 Å². The SMILES string of the molecule is c1ccc(-c2ccc(N(c3cccc(-c4ccc5ccccc5c4)c3)c3cc4ccccc4c4oc(-c5ccc6ccccc6c5)nc34)c3ccccc23)cc1. The first-order valence-corrected chi connectivity index (χ1v) is 19.0. The monoisotopic (exact) mass is 714 g/mol. The van der Waals surface area contributed by atoms with E-state index >= 15 is 0 Å². The standard InChI is InChI=1S/C53H34N2O/c1-2-15-37(16-3-1)45-29-30-49(48-24-11-10-23-47(45)48)55(44-21-12-20-40(33-44)41-27-25-35-13-4-6-17-38(35)31-41)50-34-42-19-8-9-22-46(42)52-51(50)54-53(56-52)43-28-26-36-14-5-7-18-39(36)32-43/h1-34H. The smallest absolute Gasteiger partial charge is 0.227 e. The molecule has 11 aromatic rings. The zero-order valence-electron chi connectivity index (χ0n) is 30.4. The normalized spacial score (nSPS) is 11.6. The molecule has 0 radical (unpaired) electrons. The molecule has 1 heterocycles. The molecule has 0 unspecified atom stereocenters. The number of anilines is 3. The number of aromatic nitrogens is 1. The van der Waals surface area contributed by atoms with Crippen molar-refractivity contribution in [2.45, 2.75) is 0 Å². The summed E-state index contributed by atoms with van der Waals surface area (Å²) in [5, 5.41) is 9.21. The molecule has 0 aliphatic carbocycles. The number of hydrogen-bond donors (Lipinski definition) is 0. The lowest BCUT2D eigenvalue weighted by molar-refractivity contribution is 0.623. The number of oxazole rings is 1. The van der Waals surface area contributed by atoms with Crippen molar-refractivity contribution < 1.29 is 4.42 Å². The third kappa shape index (κ3) is 5.40. The van der Waals surface area contributed by atoms with Crippen molar-refractivity contribution in [1.29, 1.82) is 0 Å². The van der Waals surface area contributed by atoms with Crippen LogP contribution in [0.1, 0.15) is 0 Å². The van der Waals surface area contributed by atoms with Crippen LogP contribution in [0.5, 0.6) is 0 Å². The van der Waals surface area contributed by atoms with E-state index in [0.717, 1.165) is 60.8 Å². The molecular formula is C53H34N2O. The second-order valence-electron chi connectivity index (χ2n) is 14.4. The topological polar surface area (TPSA) is 29.3 Å². The van der Waals surface area contributed by atoms with Crippen molar-refractivity contribution >= 4 is 71.3 Å². The van der Waals surface area contributed by atoms with Crippen LogP contribution in [0.15, 0.2) is 211 Å². The Morgan fingerprint density at radius 3 is 1.71 bits per heavy atom. The van der Waals surface area contributed by atoms with Crippen LogP contribution in [0.3, 0.4) is 0 Å². The zero-order valence-corrected chi connectivity index (χ0v) is 30.4. The maximum Gasteiger partial charge on any atom is 0.227 e. The van der Waals surface area contributed by atoms with Gasteiger partial charge in [-0.15, -0.1) is 0 Å². The lowest BCUT2D eigenvalue weighted by Crippen LogP contribution is -2.11. The maximum atomic E-state index is 6.84. The Labute approximate surface area is 324 Å². The fourth-order valence-corrected chi connectivity index (χ4v) is 8.29. The van der Waals surface area contributed by atoms with Gasteiger partial charge in [-0.2, -0.15) is 0 Å². The van der Waals surface area contributed by atoms with Gasteiger partial charge in [-0.3, -0.25) is 0 Å². The van der Waals surface area contributed by atoms with Gasteiger partial charge in [0.05, 0.1) is 11.4 Å². The first-order chi connectivity index (χ1) is 27.7. The molecule has 0 saturated heterocycles. The van der Waals surface area contributed by atoms with Gasteiger partial charge in [-0.05, 0) is 97.0 Å². The Bertz CT molecular complexity index is 3270. The summed E-state index contributed by atoms with van der Waals surface area (Å²) in [5.41, 5.74) is 10.2. The van der Waals surface area contributed by atoms with E-state index in [9.17, 15) is 0 Å². The Morgan fingerprint density at radius 1 is 0.357 bits per heavy atom. The molecule has 56 heavy (non-hydrogen) atoms. The Hall–Kier alpha value is -7.49. The van der Waals surface area contributed by atoms with E-state index in [4.69, 9.17) is 9.40 Å². The highest BCUT2D eigenvalue weighted by molar-refractivity contribution is 6.14. The number of benzene rings is 10. The summed E-state index contributed by atoms with van der Waals surface area (Å²) in [5.74, 6) is 0.595. The summed E-state index contributed by atoms with van der Waals surface area (Å²) in [6.07, 6.45) is 0. The van der Waals surface area contributed by atoms with Crippen LogP contribution >= 0.6 is 0 Å². The van der Waals surface area contributed by atoms with Gasteiger partial charge in [0, 0.05) is 22.0 Å². The number of hydrogen-bond acceptors (Lipinski definition) is 3. The van der Waals surface area contributed by atoms with E-state index < -0.39 is 0 Å². The van der Waals surface area contributed by atoms with Gasteiger partial charge in [0.15, 0.2) is 5.58 Å². The van der Waals surface area contributed by atoms with Crippen LogP contribution in [-0.2, 0) is 0 Å². The number of rotatable bonds is 6. The summed E-state index contributed by atoms with van der Waals surface area (Å²) in [4.78, 5) is 7.74. The van der Waals surface area contributed by atoms with E-state index in [-0.39, 0.29) is 0 Å². The average Bonchev–Trinajstić information content (AvgIpc) is 3.73. The van der Waals surface area contributed by atoms with Gasteiger partial charge >= 0.3 is 0 Å². The van der Waals surface area contributed by atoms with Gasteiger partial charge < -0.3 is 9.32 Å². The molecule has 0 aliphatic rings. The van der Waals surface area contributed by atoms with Gasteiger partial charge in [0.25, 0.3) is 0 Å². The zero-order chi connectivity index (χ0) is 37.0. The molecule has 10 aromatic carbocycles. The number of nitrogens with zero attached hydrogens (tertiary/aromatic N) is 2. The van der Waals surface area contributed by atoms with E-state index in [1.54, 1.807) is 0 Å². The number of fused-ring (bicyclic) bond motifs is 6. The molecule has 11 rings (SSSR count). The summed E-state index contributed by atoms with van der Waals surface area (Å²) in [7, 11) is 0. The van der Waals surface area contributed by atoms with Crippen molar-refractivity contribution in [3.63, 3.8) is 0 Å². The van der Waals surface area contributed by atoms with Crippen molar-refractivity contribution in [3.05, 3.63) is 206 Å². The predicted molar refractivity (Wildman–Crippen MR) is 235 cm³/mol. The Morgan fingerprint density at radius 2 is 0.946 bits per heavy atom. The van der Waals surface area contributed by atoms with Crippen molar-refractivity contribution in [2.24, 2.45) is 0 Å². The molecule has 0 saturated carbocycles. The summed E-state index contributed by atoms with van der Waals surface area (Å²) in [6.45, 7) is 0. The molecule has 0 aliphatic heterocycles. The molecule has 0 N–H and O–H groups in total. The molecule has 0 atom stereocenters. The highest BCUT2D eigenvalue weighted by Crippen LogP contribution is 2.47. The van der Waals surface area contributed by atoms with Crippen molar-refractivity contribution in [2.75, 3.05) is 4.90 Å². The average molecular weight is 715 g/mol. The minimum Gasteiger partial charge on any atom is -0.435 e. The molecule has 262 valence electrons. The van der Waals surface area contributed by atoms with Crippen molar-refractivity contribution in [3.8, 4) is 33.7 Å². The minimum atomic E-state index is 0.595. The highest BCUT2D eigenvalue weighted by atomic mass is 16.3. The first-order valence-electron chi connectivity index (χ1n) is 19.0. The van der Waals surface area contributed by atoms with Gasteiger partial charge in [-0.25, -0.2) is 4.98 Å². The van der Waals surface area contributed by atoms with Crippen LogP contribution in [-0.4, -0.2) is 4.98 Å². The lowest BCUT2D eigenvalue weighted by atomic mass is 9.96. The first kappa shape index (κ1) is 32.0. The molecule has 3 heteroatoms. The second kappa shape index (κ2) is 13.1. The van der Waals surface area contributed by atoms with Crippen LogP contribution in [0, 0.1) is 0 Å². The molecule has 0 spiro atoms. The predicted octanol–water partition coefficient (Wildman–Crippen LogP) is 14.9. The fourth-order valence-electron chi connectivity index (χ4n) is 8.29. The second-order valence-corrected chi connectivity index (χ2v) is 14.4. The summed E-state index contributed by atoms with van der Waals surface area (Å²) >= 11 is 0. The lowest BCUT2D eigenvalue weighted by Gasteiger charge is -2.28. The van der Waals surface area contributed by atoms with Gasteiger partial charge in [-0.1, -0.05) is 164 Å². The molecular weight excluding hydrogens is 681 g/mol. The summed E-state index contributed by atoms with van der Waals surface area (Å²) < 4.78 is 6.84. The maximum absolute atomic E-state index is 6.84. The Kier molecular flexibility index (Phi) is 7.49. The third-order valence-corrected chi connectivity index (χ3v) is 11.0. The van der Waals surface area contributed by atoms with Crippen LogP contribution in [0.25, 0.3) is 87.9 Å². The van der Waals surface area contributed by atoms with E-state index in [1.165, 1.54) is 38.2 Å². The van der Waals surface area contributed by atoms with Crippen molar-refractivity contribution in [1.82, 2.24) is 4.98 Å². The van der Waals surface area contributed by atoms with E-state index in [0.29, 0.717) is 5.89 Å². The largest absolute Gasteiger partial charge is 0.435 e. The van der Waals surface area contributed by atoms with Gasteiger partial charge in [0.1, 0.15) is 5.52 Å². The van der Waals surface area contributed by atoms with Crippen LogP contribution in [0.2, 0.25) is 0 Å². The quantitative estimate of drug-likeness (QED) is 0.172. The molecule has 0 fully saturated rings. The Balaban J connectivity index is 1.19. The third-order valence-electron chi connectivity index (χ3n) is 11.0. The molecule has 0 amide bonds. The minimum absolute atomic E-state index is 0.595. The summed E-state index contributed by atoms with van der Waals surface area (Å²) in [6, 6.07) is 73.6.